The third-order valence-electron chi connectivity index (χ3n) is 2.81. The summed E-state index contributed by atoms with van der Waals surface area (Å²) in [5.41, 5.74) is 1.41. The van der Waals surface area contributed by atoms with E-state index in [1.807, 2.05) is 12.1 Å². The highest BCUT2D eigenvalue weighted by atomic mass is 16.5. The van der Waals surface area contributed by atoms with E-state index in [4.69, 9.17) is 4.74 Å². The summed E-state index contributed by atoms with van der Waals surface area (Å²) in [6.07, 6.45) is 0. The van der Waals surface area contributed by atoms with Crippen LogP contribution in [-0.2, 0) is 0 Å². The summed E-state index contributed by atoms with van der Waals surface area (Å²) in [6, 6.07) is 8.98. The Morgan fingerprint density at radius 1 is 1.31 bits per heavy atom. The summed E-state index contributed by atoms with van der Waals surface area (Å²) in [5, 5.41) is 3.35. The molecule has 0 radical (unpaired) electrons. The molecule has 1 saturated heterocycles. The van der Waals surface area contributed by atoms with Gasteiger partial charge in [0.05, 0.1) is 7.11 Å². The molecule has 1 heterocycles. The minimum absolute atomic E-state index is 0.619. The zero-order valence-corrected chi connectivity index (χ0v) is 8.08. The maximum atomic E-state index is 5.11. The van der Waals surface area contributed by atoms with Gasteiger partial charge in [0.25, 0.3) is 0 Å². The van der Waals surface area contributed by atoms with Crippen LogP contribution in [0.25, 0.3) is 0 Å². The van der Waals surface area contributed by atoms with Crippen molar-refractivity contribution in [2.75, 3.05) is 13.7 Å². The summed E-state index contributed by atoms with van der Waals surface area (Å²) in [7, 11) is 1.70. The first kappa shape index (κ1) is 8.57. The molecule has 2 rings (SSSR count). The van der Waals surface area contributed by atoms with Crippen LogP contribution in [0.15, 0.2) is 24.3 Å². The van der Waals surface area contributed by atoms with Crippen molar-refractivity contribution in [3.63, 3.8) is 0 Å². The van der Waals surface area contributed by atoms with Gasteiger partial charge in [0.2, 0.25) is 0 Å². The molecule has 2 atom stereocenters. The Kier molecular flexibility index (Phi) is 2.23. The molecule has 0 spiro atoms. The molecule has 1 N–H and O–H groups in total. The monoisotopic (exact) mass is 177 g/mol. The van der Waals surface area contributed by atoms with Crippen LogP contribution in [0.4, 0.5) is 0 Å². The molecule has 2 nitrogen and oxygen atoms in total. The number of hydrogen-bond donors (Lipinski definition) is 1. The van der Waals surface area contributed by atoms with Crippen LogP contribution in [0.5, 0.6) is 5.75 Å². The molecular weight excluding hydrogens is 162 g/mol. The SMILES string of the molecule is COc1ccc(C2CNC2C)cc1. The minimum Gasteiger partial charge on any atom is -0.497 e. The van der Waals surface area contributed by atoms with Crippen LogP contribution >= 0.6 is 0 Å². The predicted octanol–water partition coefficient (Wildman–Crippen LogP) is 1.77. The van der Waals surface area contributed by atoms with Crippen molar-refractivity contribution >= 4 is 0 Å². The second-order valence-electron chi connectivity index (χ2n) is 3.58. The largest absolute Gasteiger partial charge is 0.497 e. The molecule has 13 heavy (non-hydrogen) atoms. The van der Waals surface area contributed by atoms with Gasteiger partial charge in [-0.15, -0.1) is 0 Å². The van der Waals surface area contributed by atoms with Crippen molar-refractivity contribution in [2.45, 2.75) is 18.9 Å². The average Bonchev–Trinajstić information content (AvgIpc) is 2.17. The Morgan fingerprint density at radius 2 is 2.00 bits per heavy atom. The topological polar surface area (TPSA) is 21.3 Å². The average molecular weight is 177 g/mol. The van der Waals surface area contributed by atoms with E-state index in [2.05, 4.69) is 24.4 Å². The summed E-state index contributed by atoms with van der Waals surface area (Å²) >= 11 is 0. The van der Waals surface area contributed by atoms with Gasteiger partial charge in [-0.3, -0.25) is 0 Å². The van der Waals surface area contributed by atoms with E-state index in [1.165, 1.54) is 5.56 Å². The predicted molar refractivity (Wildman–Crippen MR) is 53.2 cm³/mol. The van der Waals surface area contributed by atoms with Crippen LogP contribution in [0.1, 0.15) is 18.4 Å². The van der Waals surface area contributed by atoms with Crippen LogP contribution in [0.3, 0.4) is 0 Å². The standard InChI is InChI=1S/C11H15NO/c1-8-11(7-12-8)9-3-5-10(13-2)6-4-9/h3-6,8,11-12H,7H2,1-2H3. The molecule has 0 aliphatic carbocycles. The highest BCUT2D eigenvalue weighted by Crippen LogP contribution is 2.26. The van der Waals surface area contributed by atoms with Crippen molar-refractivity contribution in [3.8, 4) is 5.75 Å². The van der Waals surface area contributed by atoms with Crippen molar-refractivity contribution in [1.29, 1.82) is 0 Å². The van der Waals surface area contributed by atoms with Crippen LogP contribution in [0.2, 0.25) is 0 Å². The molecule has 1 aliphatic rings. The van der Waals surface area contributed by atoms with E-state index in [9.17, 15) is 0 Å². The molecular formula is C11H15NO. The summed E-state index contributed by atoms with van der Waals surface area (Å²) < 4.78 is 5.11. The molecule has 70 valence electrons. The number of benzene rings is 1. The van der Waals surface area contributed by atoms with Crippen LogP contribution in [0, 0.1) is 0 Å². The maximum Gasteiger partial charge on any atom is 0.118 e. The molecule has 1 aliphatic heterocycles. The quantitative estimate of drug-likeness (QED) is 0.743. The number of methoxy groups -OCH3 is 1. The lowest BCUT2D eigenvalue weighted by Crippen LogP contribution is -2.48. The number of ether oxygens (including phenoxy) is 1. The van der Waals surface area contributed by atoms with Gasteiger partial charge in [-0.1, -0.05) is 12.1 Å². The maximum absolute atomic E-state index is 5.11. The lowest BCUT2D eigenvalue weighted by Gasteiger charge is -2.35. The molecule has 0 saturated carbocycles. The number of nitrogens with one attached hydrogen (secondary N) is 1. The zero-order chi connectivity index (χ0) is 9.26. The third-order valence-corrected chi connectivity index (χ3v) is 2.81. The molecule has 1 aromatic carbocycles. The van der Waals surface area contributed by atoms with Gasteiger partial charge in [0.15, 0.2) is 0 Å². The van der Waals surface area contributed by atoms with Gasteiger partial charge < -0.3 is 10.1 Å². The molecule has 2 unspecified atom stereocenters. The molecule has 0 aromatic heterocycles. The molecule has 1 fully saturated rings. The molecule has 2 heteroatoms. The van der Waals surface area contributed by atoms with Crippen LogP contribution < -0.4 is 10.1 Å². The van der Waals surface area contributed by atoms with Gasteiger partial charge in [0, 0.05) is 18.5 Å². The Labute approximate surface area is 78.9 Å². The van der Waals surface area contributed by atoms with Crippen molar-refractivity contribution in [2.24, 2.45) is 0 Å². The summed E-state index contributed by atoms with van der Waals surface area (Å²) in [5.74, 6) is 1.62. The highest BCUT2D eigenvalue weighted by molar-refractivity contribution is 5.31. The van der Waals surface area contributed by atoms with E-state index >= 15 is 0 Å². The van der Waals surface area contributed by atoms with Gasteiger partial charge in [-0.25, -0.2) is 0 Å². The number of rotatable bonds is 2. The fraction of sp³-hybridized carbons (Fsp3) is 0.455. The zero-order valence-electron chi connectivity index (χ0n) is 8.08. The lowest BCUT2D eigenvalue weighted by atomic mass is 9.86. The fourth-order valence-electron chi connectivity index (χ4n) is 1.73. The normalized spacial score (nSPS) is 26.6. The first-order valence-electron chi connectivity index (χ1n) is 4.68. The second-order valence-corrected chi connectivity index (χ2v) is 3.58. The van der Waals surface area contributed by atoms with E-state index in [-0.39, 0.29) is 0 Å². The van der Waals surface area contributed by atoms with Crippen molar-refractivity contribution in [1.82, 2.24) is 5.32 Å². The minimum atomic E-state index is 0.619. The van der Waals surface area contributed by atoms with E-state index < -0.39 is 0 Å². The van der Waals surface area contributed by atoms with Gasteiger partial charge in [-0.05, 0) is 24.6 Å². The Hall–Kier alpha value is -1.02. The van der Waals surface area contributed by atoms with Gasteiger partial charge in [-0.2, -0.15) is 0 Å². The van der Waals surface area contributed by atoms with E-state index in [1.54, 1.807) is 7.11 Å². The third kappa shape index (κ3) is 1.54. The smallest absolute Gasteiger partial charge is 0.118 e. The van der Waals surface area contributed by atoms with Gasteiger partial charge in [0.1, 0.15) is 5.75 Å². The highest BCUT2D eigenvalue weighted by Gasteiger charge is 2.27. The summed E-state index contributed by atoms with van der Waals surface area (Å²) in [4.78, 5) is 0. The first-order chi connectivity index (χ1) is 6.31. The first-order valence-corrected chi connectivity index (χ1v) is 4.68. The Bertz CT molecular complexity index is 281. The number of hydrogen-bond acceptors (Lipinski definition) is 2. The fourth-order valence-corrected chi connectivity index (χ4v) is 1.73. The van der Waals surface area contributed by atoms with Crippen molar-refractivity contribution in [3.05, 3.63) is 29.8 Å². The second kappa shape index (κ2) is 3.38. The van der Waals surface area contributed by atoms with Crippen molar-refractivity contribution < 1.29 is 4.74 Å². The van der Waals surface area contributed by atoms with Gasteiger partial charge >= 0.3 is 0 Å². The summed E-state index contributed by atoms with van der Waals surface area (Å²) in [6.45, 7) is 3.33. The molecule has 0 amide bonds. The van der Waals surface area contributed by atoms with E-state index in [0.29, 0.717) is 12.0 Å². The Morgan fingerprint density at radius 3 is 2.38 bits per heavy atom. The van der Waals surface area contributed by atoms with E-state index in [0.717, 1.165) is 12.3 Å². The molecule has 0 bridgehead atoms. The lowest BCUT2D eigenvalue weighted by molar-refractivity contribution is 0.334. The molecule has 1 aromatic rings. The van der Waals surface area contributed by atoms with Crippen LogP contribution in [-0.4, -0.2) is 19.7 Å². The Balaban J connectivity index is 2.13.